The maximum Gasteiger partial charge on any atom is 0.270 e. The average Bonchev–Trinajstić information content (AvgIpc) is 3.22. The predicted molar refractivity (Wildman–Crippen MR) is 100 cm³/mol. The van der Waals surface area contributed by atoms with Gasteiger partial charge in [-0.1, -0.05) is 36.4 Å². The van der Waals surface area contributed by atoms with Crippen molar-refractivity contribution in [1.82, 2.24) is 24.3 Å². The van der Waals surface area contributed by atoms with Crippen molar-refractivity contribution in [2.45, 2.75) is 12.6 Å². The van der Waals surface area contributed by atoms with Gasteiger partial charge in [0.15, 0.2) is 0 Å². The molecular formula is C20H17N5O2. The molecule has 0 radical (unpaired) electrons. The van der Waals surface area contributed by atoms with E-state index in [-0.39, 0.29) is 11.6 Å². The predicted octanol–water partition coefficient (Wildman–Crippen LogP) is 2.06. The number of imidazole rings is 1. The minimum absolute atomic E-state index is 0.00487. The number of rotatable bonds is 5. The molecule has 0 aliphatic carbocycles. The Morgan fingerprint density at radius 1 is 1.07 bits per heavy atom. The van der Waals surface area contributed by atoms with Crippen LogP contribution in [0.15, 0.2) is 84.4 Å². The molecule has 0 bridgehead atoms. The van der Waals surface area contributed by atoms with Crippen LogP contribution in [-0.2, 0) is 6.54 Å². The molecule has 0 spiro atoms. The molecule has 134 valence electrons. The lowest BCUT2D eigenvalue weighted by molar-refractivity contribution is 0.0930. The number of carbonyl (C=O) groups is 1. The van der Waals surface area contributed by atoms with E-state index in [0.29, 0.717) is 12.2 Å². The number of hydrogen-bond acceptors (Lipinski definition) is 4. The van der Waals surface area contributed by atoms with Crippen LogP contribution in [0.2, 0.25) is 0 Å². The van der Waals surface area contributed by atoms with Crippen molar-refractivity contribution in [2.75, 3.05) is 0 Å². The molecule has 1 N–H and O–H groups in total. The van der Waals surface area contributed by atoms with Crippen molar-refractivity contribution in [3.63, 3.8) is 0 Å². The van der Waals surface area contributed by atoms with Crippen molar-refractivity contribution < 1.29 is 4.79 Å². The molecule has 3 heterocycles. The Labute approximate surface area is 155 Å². The number of aromatic nitrogens is 4. The number of amides is 1. The van der Waals surface area contributed by atoms with E-state index in [1.165, 1.54) is 10.6 Å². The molecule has 0 saturated heterocycles. The van der Waals surface area contributed by atoms with Gasteiger partial charge in [0.05, 0.1) is 12.4 Å². The Morgan fingerprint density at radius 2 is 1.89 bits per heavy atom. The van der Waals surface area contributed by atoms with Crippen LogP contribution >= 0.6 is 0 Å². The summed E-state index contributed by atoms with van der Waals surface area (Å²) in [5.74, 6) is -0.459. The van der Waals surface area contributed by atoms with Crippen LogP contribution in [0.4, 0.5) is 0 Å². The summed E-state index contributed by atoms with van der Waals surface area (Å²) in [6.45, 7) is 0.498. The molecule has 7 nitrogen and oxygen atoms in total. The second-order valence-corrected chi connectivity index (χ2v) is 6.10. The number of benzene rings is 1. The van der Waals surface area contributed by atoms with Crippen molar-refractivity contribution in [3.05, 3.63) is 101 Å². The average molecular weight is 359 g/mol. The van der Waals surface area contributed by atoms with E-state index >= 15 is 0 Å². The monoisotopic (exact) mass is 359 g/mol. The molecule has 0 saturated carbocycles. The van der Waals surface area contributed by atoms with Gasteiger partial charge in [-0.15, -0.1) is 0 Å². The molecule has 0 aliphatic heterocycles. The third-order valence-electron chi connectivity index (χ3n) is 4.32. The Balaban J connectivity index is 1.66. The number of carbonyl (C=O) groups excluding carboxylic acids is 1. The normalized spacial score (nSPS) is 12.0. The van der Waals surface area contributed by atoms with Crippen molar-refractivity contribution in [2.24, 2.45) is 0 Å². The highest BCUT2D eigenvalue weighted by molar-refractivity contribution is 5.94. The quantitative estimate of drug-likeness (QED) is 0.591. The zero-order valence-electron chi connectivity index (χ0n) is 14.4. The van der Waals surface area contributed by atoms with Crippen molar-refractivity contribution in [3.8, 4) is 0 Å². The highest BCUT2D eigenvalue weighted by Gasteiger charge is 2.19. The molecular weight excluding hydrogens is 342 g/mol. The molecule has 0 fully saturated rings. The van der Waals surface area contributed by atoms with Crippen LogP contribution in [0.3, 0.4) is 0 Å². The van der Waals surface area contributed by atoms with Crippen LogP contribution in [-0.4, -0.2) is 24.8 Å². The van der Waals surface area contributed by atoms with Gasteiger partial charge < -0.3 is 9.88 Å². The van der Waals surface area contributed by atoms with Gasteiger partial charge in [-0.25, -0.2) is 9.97 Å². The fourth-order valence-corrected chi connectivity index (χ4v) is 2.94. The molecule has 7 heteroatoms. The number of nitrogens with zero attached hydrogens (tertiary/aromatic N) is 4. The van der Waals surface area contributed by atoms with Crippen LogP contribution in [0.1, 0.15) is 22.0 Å². The van der Waals surface area contributed by atoms with E-state index in [2.05, 4.69) is 15.3 Å². The first kappa shape index (κ1) is 16.7. The molecule has 1 amide bonds. The Morgan fingerprint density at radius 3 is 2.67 bits per heavy atom. The van der Waals surface area contributed by atoms with E-state index in [0.717, 1.165) is 5.56 Å². The van der Waals surface area contributed by atoms with E-state index in [1.807, 2.05) is 41.1 Å². The maximum atomic E-state index is 12.8. The Kier molecular flexibility index (Phi) is 4.49. The number of pyridine rings is 1. The molecule has 1 atom stereocenters. The first-order chi connectivity index (χ1) is 13.2. The van der Waals surface area contributed by atoms with Gasteiger partial charge in [0.25, 0.3) is 11.5 Å². The summed E-state index contributed by atoms with van der Waals surface area (Å²) in [4.78, 5) is 33.7. The summed E-state index contributed by atoms with van der Waals surface area (Å²) in [6, 6.07) is 14.5. The standard InChI is InChI=1S/C20H17N5O2/c26-19(16-12-22-18-8-4-5-10-25(18)20(16)27)23-17(13-24-11-9-21-14-24)15-6-2-1-3-7-15/h1-12,14,17H,13H2,(H,23,26). The molecule has 0 aliphatic rings. The summed E-state index contributed by atoms with van der Waals surface area (Å²) in [5, 5.41) is 2.95. The highest BCUT2D eigenvalue weighted by Crippen LogP contribution is 2.15. The van der Waals surface area contributed by atoms with Crippen molar-refractivity contribution >= 4 is 11.6 Å². The fourth-order valence-electron chi connectivity index (χ4n) is 2.94. The summed E-state index contributed by atoms with van der Waals surface area (Å²) in [7, 11) is 0. The van der Waals surface area contributed by atoms with Crippen LogP contribution < -0.4 is 10.9 Å². The van der Waals surface area contributed by atoms with Gasteiger partial charge in [-0.05, 0) is 17.7 Å². The lowest BCUT2D eigenvalue weighted by Gasteiger charge is -2.19. The first-order valence-electron chi connectivity index (χ1n) is 8.50. The van der Waals surface area contributed by atoms with E-state index in [9.17, 15) is 9.59 Å². The first-order valence-corrected chi connectivity index (χ1v) is 8.50. The molecule has 4 aromatic rings. The third-order valence-corrected chi connectivity index (χ3v) is 4.32. The Bertz CT molecular complexity index is 1120. The smallest absolute Gasteiger partial charge is 0.270 e. The van der Waals surface area contributed by atoms with Crippen LogP contribution in [0.5, 0.6) is 0 Å². The lowest BCUT2D eigenvalue weighted by Crippen LogP contribution is -2.35. The molecule has 1 aromatic carbocycles. The zero-order chi connectivity index (χ0) is 18.6. The zero-order valence-corrected chi connectivity index (χ0v) is 14.4. The van der Waals surface area contributed by atoms with Gasteiger partial charge in [0.1, 0.15) is 11.2 Å². The van der Waals surface area contributed by atoms with Gasteiger partial charge in [0.2, 0.25) is 0 Å². The minimum Gasteiger partial charge on any atom is -0.343 e. The topological polar surface area (TPSA) is 81.3 Å². The van der Waals surface area contributed by atoms with Crippen LogP contribution in [0, 0.1) is 0 Å². The minimum atomic E-state index is -0.459. The van der Waals surface area contributed by atoms with Crippen LogP contribution in [0.25, 0.3) is 5.65 Å². The fraction of sp³-hybridized carbons (Fsp3) is 0.100. The van der Waals surface area contributed by atoms with Gasteiger partial charge >= 0.3 is 0 Å². The summed E-state index contributed by atoms with van der Waals surface area (Å²) in [5.41, 5.74) is 1.04. The van der Waals surface area contributed by atoms with Crippen molar-refractivity contribution in [1.29, 1.82) is 0 Å². The lowest BCUT2D eigenvalue weighted by atomic mass is 10.1. The molecule has 27 heavy (non-hydrogen) atoms. The van der Waals surface area contributed by atoms with Gasteiger partial charge in [-0.2, -0.15) is 0 Å². The maximum absolute atomic E-state index is 12.8. The summed E-state index contributed by atoms with van der Waals surface area (Å²) < 4.78 is 3.24. The molecule has 3 aromatic heterocycles. The van der Waals surface area contributed by atoms with E-state index in [1.54, 1.807) is 36.9 Å². The highest BCUT2D eigenvalue weighted by atomic mass is 16.2. The molecule has 1 unspecified atom stereocenters. The summed E-state index contributed by atoms with van der Waals surface area (Å²) >= 11 is 0. The van der Waals surface area contributed by atoms with E-state index < -0.39 is 11.5 Å². The van der Waals surface area contributed by atoms with Gasteiger partial charge in [-0.3, -0.25) is 14.0 Å². The second-order valence-electron chi connectivity index (χ2n) is 6.10. The SMILES string of the molecule is O=C(NC(Cn1ccnc1)c1ccccc1)c1cnc2ccccn2c1=O. The van der Waals surface area contributed by atoms with E-state index in [4.69, 9.17) is 0 Å². The number of nitrogens with one attached hydrogen (secondary N) is 1. The third kappa shape index (κ3) is 3.48. The molecule has 4 rings (SSSR count). The Hall–Kier alpha value is -3.74. The summed E-state index contributed by atoms with van der Waals surface area (Å²) in [6.07, 6.45) is 8.13. The number of hydrogen-bond donors (Lipinski definition) is 1. The second kappa shape index (κ2) is 7.25. The largest absolute Gasteiger partial charge is 0.343 e. The van der Waals surface area contributed by atoms with Gasteiger partial charge in [0, 0.05) is 31.3 Å². The number of fused-ring (bicyclic) bond motifs is 1.